The molecule has 2 aliphatic carbocycles. The van der Waals surface area contributed by atoms with Crippen LogP contribution in [0.4, 0.5) is 17.1 Å². The van der Waals surface area contributed by atoms with Crippen LogP contribution in [0.1, 0.15) is 22.3 Å². The molecule has 0 radical (unpaired) electrons. The molecule has 61 heavy (non-hydrogen) atoms. The minimum Gasteiger partial charge on any atom is -0.456 e. The Morgan fingerprint density at radius 2 is 0.836 bits per heavy atom. The van der Waals surface area contributed by atoms with Crippen LogP contribution in [0.15, 0.2) is 229 Å². The second-order valence-electron chi connectivity index (χ2n) is 16.3. The second-order valence-corrected chi connectivity index (χ2v) is 16.3. The highest BCUT2D eigenvalue weighted by molar-refractivity contribution is 6.14. The van der Waals surface area contributed by atoms with Crippen molar-refractivity contribution in [2.24, 2.45) is 0 Å². The summed E-state index contributed by atoms with van der Waals surface area (Å²) in [5.74, 6) is 0. The first-order chi connectivity index (χ1) is 30.3. The van der Waals surface area contributed by atoms with E-state index in [1.54, 1.807) is 0 Å². The summed E-state index contributed by atoms with van der Waals surface area (Å²) in [7, 11) is 0. The highest BCUT2D eigenvalue weighted by Crippen LogP contribution is 2.63. The van der Waals surface area contributed by atoms with E-state index in [2.05, 4.69) is 223 Å². The van der Waals surface area contributed by atoms with Gasteiger partial charge in [-0.2, -0.15) is 0 Å². The Kier molecular flexibility index (Phi) is 7.26. The van der Waals surface area contributed by atoms with Crippen molar-refractivity contribution in [2.75, 3.05) is 4.90 Å². The molecule has 11 aromatic rings. The molecule has 284 valence electrons. The predicted molar refractivity (Wildman–Crippen MR) is 253 cm³/mol. The molecule has 13 rings (SSSR count). The Labute approximate surface area is 354 Å². The highest BCUT2D eigenvalue weighted by atomic mass is 16.3. The van der Waals surface area contributed by atoms with Crippen LogP contribution in [0.25, 0.3) is 77.2 Å². The highest BCUT2D eigenvalue weighted by Gasteiger charge is 2.51. The Bertz CT molecular complexity index is 3490. The van der Waals surface area contributed by atoms with E-state index in [9.17, 15) is 0 Å². The molecule has 2 aliphatic rings. The molecule has 0 saturated heterocycles. The van der Waals surface area contributed by atoms with Gasteiger partial charge in [-0.15, -0.1) is 0 Å². The fraction of sp³-hybridized carbons (Fsp3) is 0.0169. The standard InChI is InChI=1S/C59H37NO/c1-2-17-42-39(15-1)16-13-28-54(42)60(55-27-11-6-21-47(55)48-23-14-30-57-58(48)49-22-7-12-29-56(49)61-57)41-34-31-38(32-35-41)40-33-36-46-45-20-5-10-26-52(45)59(53(46)37-40)50-24-8-3-18-43(50)44-19-4-9-25-51(44)59/h1-37H. The topological polar surface area (TPSA) is 16.4 Å². The van der Waals surface area contributed by atoms with Gasteiger partial charge in [-0.25, -0.2) is 0 Å². The third-order valence-electron chi connectivity index (χ3n) is 13.3. The number of furan rings is 1. The van der Waals surface area contributed by atoms with Crippen molar-refractivity contribution in [3.05, 3.63) is 247 Å². The lowest BCUT2D eigenvalue weighted by atomic mass is 9.70. The van der Waals surface area contributed by atoms with Crippen LogP contribution in [0.5, 0.6) is 0 Å². The number of benzene rings is 10. The van der Waals surface area contributed by atoms with Crippen molar-refractivity contribution in [2.45, 2.75) is 5.41 Å². The monoisotopic (exact) mass is 775 g/mol. The summed E-state index contributed by atoms with van der Waals surface area (Å²) in [5.41, 5.74) is 20.1. The van der Waals surface area contributed by atoms with Crippen LogP contribution in [-0.2, 0) is 5.41 Å². The third kappa shape index (κ3) is 4.79. The molecule has 0 atom stereocenters. The molecule has 1 heterocycles. The van der Waals surface area contributed by atoms with Gasteiger partial charge in [0.1, 0.15) is 11.2 Å². The average molecular weight is 776 g/mol. The van der Waals surface area contributed by atoms with Gasteiger partial charge in [0, 0.05) is 27.4 Å². The molecular weight excluding hydrogens is 739 g/mol. The van der Waals surface area contributed by atoms with Crippen molar-refractivity contribution in [3.63, 3.8) is 0 Å². The zero-order valence-corrected chi connectivity index (χ0v) is 33.2. The quantitative estimate of drug-likeness (QED) is 0.173. The van der Waals surface area contributed by atoms with E-state index in [1.165, 1.54) is 66.4 Å². The number of rotatable bonds is 5. The van der Waals surface area contributed by atoms with E-state index >= 15 is 0 Å². The Balaban J connectivity index is 0.989. The predicted octanol–water partition coefficient (Wildman–Crippen LogP) is 15.9. The zero-order chi connectivity index (χ0) is 40.1. The summed E-state index contributed by atoms with van der Waals surface area (Å²) in [5, 5.41) is 4.64. The summed E-state index contributed by atoms with van der Waals surface area (Å²) >= 11 is 0. The van der Waals surface area contributed by atoms with E-state index < -0.39 is 0 Å². The molecule has 2 heteroatoms. The molecule has 0 N–H and O–H groups in total. The van der Waals surface area contributed by atoms with Crippen molar-refractivity contribution < 1.29 is 4.42 Å². The summed E-state index contributed by atoms with van der Waals surface area (Å²) < 4.78 is 6.39. The van der Waals surface area contributed by atoms with Gasteiger partial charge in [0.15, 0.2) is 0 Å². The molecule has 1 spiro atoms. The van der Waals surface area contributed by atoms with E-state index in [1.807, 2.05) is 6.07 Å². The molecule has 0 bridgehead atoms. The summed E-state index contributed by atoms with van der Waals surface area (Å²) in [6.07, 6.45) is 0. The van der Waals surface area contributed by atoms with Crippen molar-refractivity contribution in [1.82, 2.24) is 0 Å². The molecular formula is C59H37NO. The molecule has 2 nitrogen and oxygen atoms in total. The number of hydrogen-bond acceptors (Lipinski definition) is 2. The fourth-order valence-corrected chi connectivity index (χ4v) is 10.8. The number of hydrogen-bond donors (Lipinski definition) is 0. The summed E-state index contributed by atoms with van der Waals surface area (Å²) in [4.78, 5) is 2.43. The van der Waals surface area contributed by atoms with E-state index in [4.69, 9.17) is 4.42 Å². The van der Waals surface area contributed by atoms with Crippen molar-refractivity contribution in [1.29, 1.82) is 0 Å². The number of para-hydroxylation sites is 2. The average Bonchev–Trinajstić information content (AvgIpc) is 3.96. The first kappa shape index (κ1) is 34.0. The molecule has 0 amide bonds. The van der Waals surface area contributed by atoms with Crippen LogP contribution in [-0.4, -0.2) is 0 Å². The first-order valence-electron chi connectivity index (χ1n) is 21.1. The summed E-state index contributed by atoms with van der Waals surface area (Å²) in [6, 6.07) is 82.2. The smallest absolute Gasteiger partial charge is 0.136 e. The minimum absolute atomic E-state index is 0.382. The maximum absolute atomic E-state index is 6.39. The van der Waals surface area contributed by atoms with Gasteiger partial charge in [0.05, 0.1) is 16.8 Å². The van der Waals surface area contributed by atoms with Gasteiger partial charge >= 0.3 is 0 Å². The Morgan fingerprint density at radius 3 is 1.57 bits per heavy atom. The lowest BCUT2D eigenvalue weighted by Gasteiger charge is -2.31. The number of fused-ring (bicyclic) bond motifs is 14. The van der Waals surface area contributed by atoms with Crippen LogP contribution in [0.3, 0.4) is 0 Å². The maximum atomic E-state index is 6.39. The Morgan fingerprint density at radius 1 is 0.328 bits per heavy atom. The van der Waals surface area contributed by atoms with Crippen LogP contribution in [0, 0.1) is 0 Å². The molecule has 0 unspecified atom stereocenters. The lowest BCUT2D eigenvalue weighted by molar-refractivity contribution is 0.669. The van der Waals surface area contributed by atoms with Gasteiger partial charge in [-0.1, -0.05) is 182 Å². The number of anilines is 3. The van der Waals surface area contributed by atoms with Gasteiger partial charge in [0.2, 0.25) is 0 Å². The first-order valence-corrected chi connectivity index (χ1v) is 21.1. The van der Waals surface area contributed by atoms with Gasteiger partial charge in [-0.3, -0.25) is 0 Å². The molecule has 1 aromatic heterocycles. The SMILES string of the molecule is c1ccc(N(c2ccc(-c3ccc4c(c3)C3(c5ccccc5-c5ccccc53)c3ccccc3-4)cc2)c2cccc3ccccc23)c(-c2cccc3oc4ccccc4c23)c1. The van der Waals surface area contributed by atoms with E-state index in [0.29, 0.717) is 0 Å². The summed E-state index contributed by atoms with van der Waals surface area (Å²) in [6.45, 7) is 0. The van der Waals surface area contributed by atoms with Gasteiger partial charge in [0.25, 0.3) is 0 Å². The third-order valence-corrected chi connectivity index (χ3v) is 13.3. The number of nitrogens with zero attached hydrogens (tertiary/aromatic N) is 1. The fourth-order valence-electron chi connectivity index (χ4n) is 10.8. The minimum atomic E-state index is -0.382. The van der Waals surface area contributed by atoms with Crippen molar-refractivity contribution in [3.8, 4) is 44.5 Å². The van der Waals surface area contributed by atoms with Gasteiger partial charge in [-0.05, 0) is 109 Å². The Hall–Kier alpha value is -7.94. The molecule has 0 fully saturated rings. The van der Waals surface area contributed by atoms with Crippen molar-refractivity contribution >= 4 is 49.8 Å². The maximum Gasteiger partial charge on any atom is 0.136 e. The van der Waals surface area contributed by atoms with E-state index in [0.717, 1.165) is 50.1 Å². The molecule has 0 aliphatic heterocycles. The normalized spacial score (nSPS) is 13.0. The van der Waals surface area contributed by atoms with Gasteiger partial charge < -0.3 is 9.32 Å². The zero-order valence-electron chi connectivity index (χ0n) is 33.2. The largest absolute Gasteiger partial charge is 0.456 e. The molecule has 0 saturated carbocycles. The van der Waals surface area contributed by atoms with Crippen LogP contribution < -0.4 is 4.90 Å². The van der Waals surface area contributed by atoms with E-state index in [-0.39, 0.29) is 5.41 Å². The van der Waals surface area contributed by atoms with Crippen LogP contribution in [0.2, 0.25) is 0 Å². The lowest BCUT2D eigenvalue weighted by Crippen LogP contribution is -2.25. The molecule has 10 aromatic carbocycles. The van der Waals surface area contributed by atoms with Crippen LogP contribution >= 0.6 is 0 Å². The second kappa shape index (κ2) is 13.0.